The normalized spacial score (nSPS) is 18.7. The minimum atomic E-state index is 0.224. The van der Waals surface area contributed by atoms with Crippen molar-refractivity contribution in [2.24, 2.45) is 0 Å². The second-order valence-electron chi connectivity index (χ2n) is 10.1. The highest BCUT2D eigenvalue weighted by molar-refractivity contribution is 5.85. The molecule has 0 aliphatic carbocycles. The molecule has 0 atom stereocenters. The summed E-state index contributed by atoms with van der Waals surface area (Å²) in [4.78, 5) is 33.1. The number of benzene rings is 1. The Bertz CT molecular complexity index is 1250. The number of carbonyl (C=O) groups is 1. The molecule has 12 heteroatoms. The van der Waals surface area contributed by atoms with E-state index in [9.17, 15) is 4.79 Å². The van der Waals surface area contributed by atoms with Crippen LogP contribution >= 0.6 is 0 Å². The van der Waals surface area contributed by atoms with Crippen molar-refractivity contribution < 1.29 is 14.3 Å². The number of ether oxygens (including phenoxy) is 2. The first kappa shape index (κ1) is 25.8. The third-order valence-corrected chi connectivity index (χ3v) is 7.57. The van der Waals surface area contributed by atoms with Crippen molar-refractivity contribution in [3.05, 3.63) is 30.6 Å². The maximum atomic E-state index is 12.1. The third-order valence-electron chi connectivity index (χ3n) is 7.57. The van der Waals surface area contributed by atoms with E-state index in [2.05, 4.69) is 49.7 Å². The van der Waals surface area contributed by atoms with Crippen LogP contribution in [0.25, 0.3) is 11.2 Å². The number of amides is 1. The zero-order valence-electron chi connectivity index (χ0n) is 22.3. The highest BCUT2D eigenvalue weighted by Crippen LogP contribution is 2.25. The lowest BCUT2D eigenvalue weighted by Gasteiger charge is -2.28. The second-order valence-corrected chi connectivity index (χ2v) is 10.1. The van der Waals surface area contributed by atoms with Crippen molar-refractivity contribution in [2.45, 2.75) is 19.4 Å². The second kappa shape index (κ2) is 12.1. The number of nitrogens with zero attached hydrogens (tertiary/aromatic N) is 7. The summed E-state index contributed by atoms with van der Waals surface area (Å²) in [5, 5.41) is 6.89. The third kappa shape index (κ3) is 6.23. The summed E-state index contributed by atoms with van der Waals surface area (Å²) >= 11 is 0. The number of nitrogens with one attached hydrogen (secondary N) is 2. The zero-order valence-corrected chi connectivity index (χ0v) is 22.3. The average Bonchev–Trinajstić information content (AvgIpc) is 3.59. The van der Waals surface area contributed by atoms with Crippen LogP contribution in [-0.2, 0) is 20.8 Å². The molecule has 2 aromatic heterocycles. The topological polar surface area (TPSA) is 113 Å². The number of rotatable bonds is 10. The summed E-state index contributed by atoms with van der Waals surface area (Å²) in [6, 6.07) is 8.34. The van der Waals surface area contributed by atoms with Crippen molar-refractivity contribution in [3.8, 4) is 0 Å². The summed E-state index contributed by atoms with van der Waals surface area (Å²) in [5.74, 6) is 1.44. The molecular weight excluding hydrogens is 498 g/mol. The summed E-state index contributed by atoms with van der Waals surface area (Å²) in [6.45, 7) is 10.5. The Morgan fingerprint density at radius 3 is 2.38 bits per heavy atom. The summed E-state index contributed by atoms with van der Waals surface area (Å²) in [7, 11) is 0. The highest BCUT2D eigenvalue weighted by atomic mass is 16.5. The van der Waals surface area contributed by atoms with Crippen LogP contribution in [0.15, 0.2) is 30.6 Å². The molecule has 2 N–H and O–H groups in total. The molecule has 0 bridgehead atoms. The maximum absolute atomic E-state index is 12.1. The van der Waals surface area contributed by atoms with Gasteiger partial charge in [-0.2, -0.15) is 9.97 Å². The van der Waals surface area contributed by atoms with Crippen molar-refractivity contribution >= 4 is 40.2 Å². The first-order valence-electron chi connectivity index (χ1n) is 14.0. The van der Waals surface area contributed by atoms with E-state index in [0.29, 0.717) is 31.3 Å². The Labute approximate surface area is 228 Å². The number of anilines is 4. The fraction of sp³-hybridized carbons (Fsp3) is 0.556. The molecule has 12 nitrogen and oxygen atoms in total. The van der Waals surface area contributed by atoms with E-state index in [1.807, 2.05) is 9.47 Å². The van der Waals surface area contributed by atoms with E-state index < -0.39 is 0 Å². The van der Waals surface area contributed by atoms with Crippen LogP contribution in [0.4, 0.5) is 23.1 Å². The molecular formula is C27H37N9O3. The van der Waals surface area contributed by atoms with Gasteiger partial charge >= 0.3 is 0 Å². The van der Waals surface area contributed by atoms with Gasteiger partial charge in [-0.15, -0.1) is 0 Å². The van der Waals surface area contributed by atoms with Crippen LogP contribution in [0, 0.1) is 0 Å². The fourth-order valence-electron chi connectivity index (χ4n) is 5.32. The maximum Gasteiger partial charge on any atom is 0.231 e. The number of hydrogen-bond acceptors (Lipinski definition) is 10. The molecule has 5 heterocycles. The number of fused-ring (bicyclic) bond motifs is 1. The number of hydrogen-bond donors (Lipinski definition) is 2. The van der Waals surface area contributed by atoms with Crippen molar-refractivity contribution in [3.63, 3.8) is 0 Å². The highest BCUT2D eigenvalue weighted by Gasteiger charge is 2.21. The molecule has 208 valence electrons. The van der Waals surface area contributed by atoms with E-state index in [1.165, 1.54) is 5.69 Å². The Morgan fingerprint density at radius 1 is 0.872 bits per heavy atom. The fourth-order valence-corrected chi connectivity index (χ4v) is 5.32. The standard InChI is InChI=1S/C27H37N9O3/c37-23-2-1-8-35(23)10-11-36-20-29-24-25(28-7-9-33-12-16-38-17-13-33)31-27(32-26(24)36)30-21-3-5-22(6-4-21)34-14-18-39-19-15-34/h3-6,20H,1-2,7-19H2,(H2,28,30,31,32). The Balaban J connectivity index is 1.20. The van der Waals surface area contributed by atoms with Gasteiger partial charge in [-0.05, 0) is 30.7 Å². The van der Waals surface area contributed by atoms with E-state index in [0.717, 1.165) is 95.5 Å². The SMILES string of the molecule is O=C1CCCN1CCn1cnc2c(NCCN3CCOCC3)nc(Nc3ccc(N4CCOCC4)cc3)nc21. The summed E-state index contributed by atoms with van der Waals surface area (Å²) in [6.07, 6.45) is 3.37. The first-order chi connectivity index (χ1) is 19.2. The van der Waals surface area contributed by atoms with Gasteiger partial charge in [0.2, 0.25) is 11.9 Å². The van der Waals surface area contributed by atoms with E-state index in [-0.39, 0.29) is 5.91 Å². The van der Waals surface area contributed by atoms with Crippen LogP contribution in [0.2, 0.25) is 0 Å². The summed E-state index contributed by atoms with van der Waals surface area (Å²) in [5.41, 5.74) is 3.58. The zero-order chi connectivity index (χ0) is 26.4. The van der Waals surface area contributed by atoms with Gasteiger partial charge in [0.15, 0.2) is 17.0 Å². The van der Waals surface area contributed by atoms with E-state index >= 15 is 0 Å². The molecule has 1 amide bonds. The molecule has 3 saturated heterocycles. The number of carbonyl (C=O) groups excluding carboxylic acids is 1. The lowest BCUT2D eigenvalue weighted by Crippen LogP contribution is -2.39. The number of aromatic nitrogens is 4. The molecule has 3 fully saturated rings. The van der Waals surface area contributed by atoms with Crippen LogP contribution in [0.1, 0.15) is 12.8 Å². The van der Waals surface area contributed by atoms with Gasteiger partial charge in [-0.25, -0.2) is 4.98 Å². The smallest absolute Gasteiger partial charge is 0.231 e. The largest absolute Gasteiger partial charge is 0.379 e. The van der Waals surface area contributed by atoms with Gasteiger partial charge in [-0.1, -0.05) is 0 Å². The van der Waals surface area contributed by atoms with Crippen LogP contribution in [0.3, 0.4) is 0 Å². The summed E-state index contributed by atoms with van der Waals surface area (Å²) < 4.78 is 13.0. The van der Waals surface area contributed by atoms with Crippen molar-refractivity contribution in [1.29, 1.82) is 0 Å². The molecule has 3 aliphatic rings. The number of morpholine rings is 2. The monoisotopic (exact) mass is 535 g/mol. The molecule has 39 heavy (non-hydrogen) atoms. The van der Waals surface area contributed by atoms with Crippen molar-refractivity contribution in [1.82, 2.24) is 29.3 Å². The van der Waals surface area contributed by atoms with E-state index in [1.54, 1.807) is 6.33 Å². The minimum Gasteiger partial charge on any atom is -0.379 e. The average molecular weight is 536 g/mol. The molecule has 6 rings (SSSR count). The van der Waals surface area contributed by atoms with Gasteiger partial charge in [-0.3, -0.25) is 9.69 Å². The predicted molar refractivity (Wildman–Crippen MR) is 150 cm³/mol. The quantitative estimate of drug-likeness (QED) is 0.398. The van der Waals surface area contributed by atoms with Gasteiger partial charge in [0.1, 0.15) is 0 Å². The molecule has 0 unspecified atom stereocenters. The van der Waals surface area contributed by atoms with Crippen LogP contribution in [0.5, 0.6) is 0 Å². The van der Waals surface area contributed by atoms with Gasteiger partial charge in [0.05, 0.1) is 32.8 Å². The molecule has 1 aromatic carbocycles. The molecule has 0 radical (unpaired) electrons. The van der Waals surface area contributed by atoms with Crippen LogP contribution in [-0.4, -0.2) is 114 Å². The predicted octanol–water partition coefficient (Wildman–Crippen LogP) is 1.77. The van der Waals surface area contributed by atoms with Gasteiger partial charge in [0.25, 0.3) is 0 Å². The lowest BCUT2D eigenvalue weighted by atomic mass is 10.2. The Hall–Kier alpha value is -3.48. The number of imidazole rings is 1. The van der Waals surface area contributed by atoms with Crippen LogP contribution < -0.4 is 15.5 Å². The van der Waals surface area contributed by atoms with Crippen molar-refractivity contribution in [2.75, 3.05) is 94.3 Å². The molecule has 3 aromatic rings. The lowest BCUT2D eigenvalue weighted by molar-refractivity contribution is -0.127. The van der Waals surface area contributed by atoms with E-state index in [4.69, 9.17) is 19.4 Å². The minimum absolute atomic E-state index is 0.224. The van der Waals surface area contributed by atoms with Gasteiger partial charge < -0.3 is 34.5 Å². The molecule has 0 saturated carbocycles. The molecule has 0 spiro atoms. The first-order valence-corrected chi connectivity index (χ1v) is 14.0. The molecule has 3 aliphatic heterocycles. The number of likely N-dealkylation sites (tertiary alicyclic amines) is 1. The Kier molecular flexibility index (Phi) is 8.03. The Morgan fingerprint density at radius 2 is 1.64 bits per heavy atom. The van der Waals surface area contributed by atoms with Gasteiger partial charge in [0, 0.05) is 76.7 Å².